The van der Waals surface area contributed by atoms with E-state index in [2.05, 4.69) is 24.0 Å². The van der Waals surface area contributed by atoms with Crippen LogP contribution in [-0.4, -0.2) is 46.4 Å². The Bertz CT molecular complexity index is 1120. The zero-order valence-electron chi connectivity index (χ0n) is 18.9. The van der Waals surface area contributed by atoms with Crippen molar-refractivity contribution in [1.82, 2.24) is 15.1 Å². The first-order valence-electron chi connectivity index (χ1n) is 10.9. The minimum absolute atomic E-state index is 0.113. The fraction of sp³-hybridized carbons (Fsp3) is 0.360. The van der Waals surface area contributed by atoms with Gasteiger partial charge in [-0.2, -0.15) is 5.10 Å². The van der Waals surface area contributed by atoms with Crippen molar-refractivity contribution < 1.29 is 19.4 Å². The number of fused-ring (bicyclic) bond motifs is 1. The van der Waals surface area contributed by atoms with Crippen LogP contribution in [0, 0.1) is 5.92 Å². The van der Waals surface area contributed by atoms with Crippen molar-refractivity contribution >= 4 is 5.91 Å². The van der Waals surface area contributed by atoms with Crippen LogP contribution in [-0.2, 0) is 0 Å². The molecule has 7 nitrogen and oxygen atoms in total. The normalized spacial score (nSPS) is 15.3. The van der Waals surface area contributed by atoms with Crippen LogP contribution in [0.2, 0.25) is 0 Å². The van der Waals surface area contributed by atoms with Gasteiger partial charge in [-0.1, -0.05) is 32.0 Å². The molecule has 2 heterocycles. The van der Waals surface area contributed by atoms with Gasteiger partial charge in [0.15, 0.2) is 11.5 Å². The Hall–Kier alpha value is -3.48. The number of nitrogens with one attached hydrogen (secondary N) is 1. The van der Waals surface area contributed by atoms with Crippen LogP contribution < -0.4 is 9.47 Å². The lowest BCUT2D eigenvalue weighted by atomic mass is 9.95. The predicted molar refractivity (Wildman–Crippen MR) is 122 cm³/mol. The van der Waals surface area contributed by atoms with E-state index in [4.69, 9.17) is 9.47 Å². The van der Waals surface area contributed by atoms with Crippen molar-refractivity contribution in [3.8, 4) is 28.5 Å². The highest BCUT2D eigenvalue weighted by molar-refractivity contribution is 6.00. The third kappa shape index (κ3) is 3.79. The lowest BCUT2D eigenvalue weighted by Gasteiger charge is -2.25. The van der Waals surface area contributed by atoms with Crippen LogP contribution in [0.3, 0.4) is 0 Å². The predicted octanol–water partition coefficient (Wildman–Crippen LogP) is 4.78. The smallest absolute Gasteiger partial charge is 0.273 e. The average Bonchev–Trinajstić information content (AvgIpc) is 3.32. The maximum atomic E-state index is 13.1. The molecule has 0 fully saturated rings. The third-order valence-electron chi connectivity index (χ3n) is 5.82. The van der Waals surface area contributed by atoms with Crippen molar-refractivity contribution in [2.75, 3.05) is 20.3 Å². The van der Waals surface area contributed by atoms with Crippen LogP contribution in [0.25, 0.3) is 11.3 Å². The van der Waals surface area contributed by atoms with Crippen LogP contribution in [0.4, 0.5) is 0 Å². The molecule has 1 aliphatic heterocycles. The second kappa shape index (κ2) is 8.94. The number of nitrogens with zero attached hydrogens (tertiary/aromatic N) is 2. The summed E-state index contributed by atoms with van der Waals surface area (Å²) in [6.45, 7) is 7.40. The number of hydrogen-bond donors (Lipinski definition) is 2. The number of para-hydroxylation sites is 1. The number of methoxy groups -OCH3 is 1. The summed E-state index contributed by atoms with van der Waals surface area (Å²) in [7, 11) is 1.61. The van der Waals surface area contributed by atoms with Crippen molar-refractivity contribution in [3.63, 3.8) is 0 Å². The molecule has 4 rings (SSSR count). The van der Waals surface area contributed by atoms with Crippen molar-refractivity contribution in [3.05, 3.63) is 59.3 Å². The maximum Gasteiger partial charge on any atom is 0.273 e. The molecule has 0 saturated heterocycles. The number of hydrogen-bond acceptors (Lipinski definition) is 5. The minimum Gasteiger partial charge on any atom is -0.507 e. The minimum atomic E-state index is -0.352. The molecular weight excluding hydrogens is 406 g/mol. The number of phenolic OH excluding ortho intramolecular Hbond substituents is 1. The Morgan fingerprint density at radius 1 is 1.19 bits per heavy atom. The van der Waals surface area contributed by atoms with E-state index in [9.17, 15) is 9.90 Å². The molecule has 1 atom stereocenters. The quantitative estimate of drug-likeness (QED) is 0.532. The van der Waals surface area contributed by atoms with Gasteiger partial charge in [0.05, 0.1) is 19.8 Å². The molecule has 1 amide bonds. The molecule has 3 aromatic rings. The number of carbonyl (C=O) groups excluding carboxylic acids is 1. The van der Waals surface area contributed by atoms with Gasteiger partial charge in [-0.05, 0) is 49.1 Å². The van der Waals surface area contributed by atoms with E-state index in [1.165, 1.54) is 0 Å². The van der Waals surface area contributed by atoms with Gasteiger partial charge in [-0.3, -0.25) is 9.89 Å². The van der Waals surface area contributed by atoms with E-state index >= 15 is 0 Å². The SMILES string of the molecule is CCN1C(=O)c2[nH]nc(-c3ccccc3O)c2[C@@H]1c1ccc(OCCC(C)C)c(OC)c1. The summed E-state index contributed by atoms with van der Waals surface area (Å²) in [4.78, 5) is 14.9. The van der Waals surface area contributed by atoms with Crippen LogP contribution >= 0.6 is 0 Å². The molecule has 0 unspecified atom stereocenters. The Morgan fingerprint density at radius 3 is 2.66 bits per heavy atom. The molecule has 1 aromatic heterocycles. The molecule has 0 bridgehead atoms. The molecular formula is C25H29N3O4. The van der Waals surface area contributed by atoms with E-state index in [1.54, 1.807) is 30.2 Å². The summed E-state index contributed by atoms with van der Waals surface area (Å²) >= 11 is 0. The van der Waals surface area contributed by atoms with Gasteiger partial charge in [0.25, 0.3) is 5.91 Å². The first-order valence-corrected chi connectivity index (χ1v) is 10.9. The number of phenols is 1. The van der Waals surface area contributed by atoms with Gasteiger partial charge in [0.2, 0.25) is 0 Å². The molecule has 2 N–H and O–H groups in total. The van der Waals surface area contributed by atoms with E-state index in [0.29, 0.717) is 47.5 Å². The molecule has 32 heavy (non-hydrogen) atoms. The molecule has 1 aliphatic rings. The van der Waals surface area contributed by atoms with Gasteiger partial charge in [-0.15, -0.1) is 0 Å². The number of aromatic amines is 1. The highest BCUT2D eigenvalue weighted by Crippen LogP contribution is 2.45. The largest absolute Gasteiger partial charge is 0.507 e. The summed E-state index contributed by atoms with van der Waals surface area (Å²) in [5.41, 5.74) is 3.26. The van der Waals surface area contributed by atoms with Gasteiger partial charge in [0, 0.05) is 17.7 Å². The molecule has 0 saturated carbocycles. The second-order valence-electron chi connectivity index (χ2n) is 8.31. The zero-order valence-corrected chi connectivity index (χ0v) is 18.9. The Kier molecular flexibility index (Phi) is 6.08. The Balaban J connectivity index is 1.77. The summed E-state index contributed by atoms with van der Waals surface area (Å²) in [6.07, 6.45) is 0.952. The van der Waals surface area contributed by atoms with Crippen molar-refractivity contribution in [2.45, 2.75) is 33.2 Å². The highest BCUT2D eigenvalue weighted by Gasteiger charge is 2.42. The first kappa shape index (κ1) is 21.7. The number of aromatic hydroxyl groups is 1. The topological polar surface area (TPSA) is 87.7 Å². The van der Waals surface area contributed by atoms with Gasteiger partial charge in [0.1, 0.15) is 17.1 Å². The monoisotopic (exact) mass is 435 g/mol. The van der Waals surface area contributed by atoms with E-state index < -0.39 is 0 Å². The first-order chi connectivity index (χ1) is 15.5. The molecule has 7 heteroatoms. The van der Waals surface area contributed by atoms with E-state index in [-0.39, 0.29) is 17.7 Å². The second-order valence-corrected chi connectivity index (χ2v) is 8.31. The number of amides is 1. The average molecular weight is 436 g/mol. The fourth-order valence-corrected chi connectivity index (χ4v) is 4.13. The standard InChI is InChI=1S/C25H29N3O4/c1-5-28-24(16-10-11-19(20(14-16)31-4)32-13-12-15(2)3)21-22(26-27-23(21)25(28)30)17-8-6-7-9-18(17)29/h6-11,14-15,24,29H,5,12-13H2,1-4H3,(H,26,27)/t24-/m0/s1. The van der Waals surface area contributed by atoms with E-state index in [0.717, 1.165) is 17.5 Å². The summed E-state index contributed by atoms with van der Waals surface area (Å²) < 4.78 is 11.5. The Labute approximate surface area is 188 Å². The fourth-order valence-electron chi connectivity index (χ4n) is 4.13. The van der Waals surface area contributed by atoms with Crippen LogP contribution in [0.1, 0.15) is 54.8 Å². The Morgan fingerprint density at radius 2 is 1.97 bits per heavy atom. The summed E-state index contributed by atoms with van der Waals surface area (Å²) in [6, 6.07) is 12.4. The number of benzene rings is 2. The number of aromatic nitrogens is 2. The summed E-state index contributed by atoms with van der Waals surface area (Å²) in [5, 5.41) is 17.7. The number of H-pyrrole nitrogens is 1. The van der Waals surface area contributed by atoms with Gasteiger partial charge in [-0.25, -0.2) is 0 Å². The molecule has 0 spiro atoms. The zero-order chi connectivity index (χ0) is 22.8. The van der Waals surface area contributed by atoms with E-state index in [1.807, 2.05) is 31.2 Å². The molecule has 2 aromatic carbocycles. The van der Waals surface area contributed by atoms with Crippen molar-refractivity contribution in [2.24, 2.45) is 5.92 Å². The highest BCUT2D eigenvalue weighted by atomic mass is 16.5. The van der Waals surface area contributed by atoms with Crippen LogP contribution in [0.5, 0.6) is 17.2 Å². The van der Waals surface area contributed by atoms with Crippen molar-refractivity contribution in [1.29, 1.82) is 0 Å². The summed E-state index contributed by atoms with van der Waals surface area (Å²) in [5.74, 6) is 1.86. The third-order valence-corrected chi connectivity index (χ3v) is 5.82. The molecule has 168 valence electrons. The molecule has 0 aliphatic carbocycles. The number of carbonyl (C=O) groups is 1. The van der Waals surface area contributed by atoms with Gasteiger partial charge >= 0.3 is 0 Å². The molecule has 0 radical (unpaired) electrons. The lowest BCUT2D eigenvalue weighted by molar-refractivity contribution is 0.0753. The lowest BCUT2D eigenvalue weighted by Crippen LogP contribution is -2.29. The number of rotatable bonds is 8. The maximum absolute atomic E-state index is 13.1. The van der Waals surface area contributed by atoms with Crippen LogP contribution in [0.15, 0.2) is 42.5 Å². The number of ether oxygens (including phenoxy) is 2. The van der Waals surface area contributed by atoms with Gasteiger partial charge < -0.3 is 19.5 Å².